The van der Waals surface area contributed by atoms with Gasteiger partial charge in [-0.2, -0.15) is 0 Å². The molecule has 0 aliphatic heterocycles. The molecular formula is C17H15NO3. The highest BCUT2D eigenvalue weighted by Gasteiger charge is 2.21. The molecule has 4 heteroatoms. The Morgan fingerprint density at radius 3 is 2.71 bits per heavy atom. The third-order valence-corrected chi connectivity index (χ3v) is 3.49. The molecule has 0 bridgehead atoms. The summed E-state index contributed by atoms with van der Waals surface area (Å²) in [6.07, 6.45) is 1.57. The van der Waals surface area contributed by atoms with Gasteiger partial charge in [-0.1, -0.05) is 36.4 Å². The Morgan fingerprint density at radius 1 is 1.19 bits per heavy atom. The van der Waals surface area contributed by atoms with Crippen molar-refractivity contribution in [3.63, 3.8) is 0 Å². The third-order valence-electron chi connectivity index (χ3n) is 3.49. The molecule has 0 spiro atoms. The van der Waals surface area contributed by atoms with E-state index in [9.17, 15) is 4.79 Å². The highest BCUT2D eigenvalue weighted by molar-refractivity contribution is 5.86. The molecule has 0 radical (unpaired) electrons. The van der Waals surface area contributed by atoms with Gasteiger partial charge in [0.15, 0.2) is 0 Å². The molecule has 0 aliphatic carbocycles. The van der Waals surface area contributed by atoms with Crippen molar-refractivity contribution in [2.24, 2.45) is 0 Å². The van der Waals surface area contributed by atoms with Crippen molar-refractivity contribution in [1.29, 1.82) is 0 Å². The van der Waals surface area contributed by atoms with E-state index >= 15 is 0 Å². The molecule has 0 amide bonds. The molecule has 1 aromatic heterocycles. The zero-order valence-electron chi connectivity index (χ0n) is 11.9. The van der Waals surface area contributed by atoms with Gasteiger partial charge in [-0.05, 0) is 23.8 Å². The van der Waals surface area contributed by atoms with Crippen LogP contribution in [0, 0.1) is 0 Å². The third kappa shape index (κ3) is 2.52. The van der Waals surface area contributed by atoms with Crippen LogP contribution in [0.5, 0.6) is 0 Å². The average molecular weight is 281 g/mol. The Balaban J connectivity index is 1.96. The van der Waals surface area contributed by atoms with E-state index in [1.54, 1.807) is 13.2 Å². The molecule has 3 rings (SSSR count). The summed E-state index contributed by atoms with van der Waals surface area (Å²) in [5.74, 6) is -0.504. The predicted molar refractivity (Wildman–Crippen MR) is 79.9 cm³/mol. The van der Waals surface area contributed by atoms with E-state index in [0.29, 0.717) is 11.6 Å². The Bertz CT molecular complexity index is 791. The van der Waals surface area contributed by atoms with E-state index < -0.39 is 5.92 Å². The Hall–Kier alpha value is -2.62. The minimum Gasteiger partial charge on any atom is -0.468 e. The van der Waals surface area contributed by atoms with E-state index in [0.717, 1.165) is 10.9 Å². The van der Waals surface area contributed by atoms with Gasteiger partial charge in [-0.15, -0.1) is 0 Å². The topological polar surface area (TPSA) is 52.3 Å². The van der Waals surface area contributed by atoms with Crippen molar-refractivity contribution < 1.29 is 13.9 Å². The van der Waals surface area contributed by atoms with Crippen molar-refractivity contribution in [2.45, 2.75) is 12.8 Å². The SMILES string of the molecule is COC(=O)C(C)c1nc(-c2ccc3ccccc3c2)co1. The number of hydrogen-bond donors (Lipinski definition) is 0. The molecule has 0 N–H and O–H groups in total. The number of carbonyl (C=O) groups excluding carboxylic acids is 1. The fourth-order valence-corrected chi connectivity index (χ4v) is 2.25. The Labute approximate surface area is 122 Å². The van der Waals surface area contributed by atoms with E-state index in [1.165, 1.54) is 12.5 Å². The number of benzene rings is 2. The lowest BCUT2D eigenvalue weighted by molar-refractivity contribution is -0.142. The van der Waals surface area contributed by atoms with Crippen LogP contribution in [0.4, 0.5) is 0 Å². The fourth-order valence-electron chi connectivity index (χ4n) is 2.25. The van der Waals surface area contributed by atoms with Crippen molar-refractivity contribution in [3.8, 4) is 11.3 Å². The molecule has 0 fully saturated rings. The van der Waals surface area contributed by atoms with E-state index in [-0.39, 0.29) is 5.97 Å². The Kier molecular flexibility index (Phi) is 3.44. The lowest BCUT2D eigenvalue weighted by Crippen LogP contribution is -2.10. The van der Waals surface area contributed by atoms with Gasteiger partial charge in [0.25, 0.3) is 0 Å². The smallest absolute Gasteiger partial charge is 0.317 e. The summed E-state index contributed by atoms with van der Waals surface area (Å²) in [5.41, 5.74) is 1.67. The van der Waals surface area contributed by atoms with Crippen LogP contribution in [0.1, 0.15) is 18.7 Å². The van der Waals surface area contributed by atoms with Gasteiger partial charge in [-0.25, -0.2) is 4.98 Å². The quantitative estimate of drug-likeness (QED) is 0.686. The molecule has 0 aliphatic rings. The van der Waals surface area contributed by atoms with Gasteiger partial charge in [0, 0.05) is 5.56 Å². The monoisotopic (exact) mass is 281 g/mol. The summed E-state index contributed by atoms with van der Waals surface area (Å²) in [6.45, 7) is 1.71. The molecule has 1 atom stereocenters. The second-order valence-corrected chi connectivity index (χ2v) is 4.88. The van der Waals surface area contributed by atoms with Crippen molar-refractivity contribution in [1.82, 2.24) is 4.98 Å². The van der Waals surface area contributed by atoms with Crippen LogP contribution in [0.2, 0.25) is 0 Å². The number of ether oxygens (including phenoxy) is 1. The number of rotatable bonds is 3. The summed E-state index contributed by atoms with van der Waals surface area (Å²) in [6, 6.07) is 14.2. The molecule has 3 aromatic rings. The average Bonchev–Trinajstić information content (AvgIpc) is 3.02. The second kappa shape index (κ2) is 5.40. The van der Waals surface area contributed by atoms with Crippen molar-refractivity contribution in [2.75, 3.05) is 7.11 Å². The summed E-state index contributed by atoms with van der Waals surface area (Å²) in [5, 5.41) is 2.31. The normalized spacial score (nSPS) is 12.3. The standard InChI is InChI=1S/C17H15NO3/c1-11(17(19)20-2)16-18-15(10-21-16)14-8-7-12-5-3-4-6-13(12)9-14/h3-11H,1-2H3. The first kappa shape index (κ1) is 13.4. The minimum atomic E-state index is -0.510. The summed E-state index contributed by atoms with van der Waals surface area (Å²) < 4.78 is 10.1. The lowest BCUT2D eigenvalue weighted by Gasteiger charge is -2.03. The van der Waals surface area contributed by atoms with Crippen molar-refractivity contribution in [3.05, 3.63) is 54.6 Å². The maximum atomic E-state index is 11.5. The number of hydrogen-bond acceptors (Lipinski definition) is 4. The van der Waals surface area contributed by atoms with Crippen LogP contribution in [-0.2, 0) is 9.53 Å². The van der Waals surface area contributed by atoms with E-state index in [2.05, 4.69) is 23.2 Å². The maximum absolute atomic E-state index is 11.5. The number of nitrogens with zero attached hydrogens (tertiary/aromatic N) is 1. The van der Waals surface area contributed by atoms with Crippen LogP contribution in [0.25, 0.3) is 22.0 Å². The van der Waals surface area contributed by atoms with Crippen molar-refractivity contribution >= 4 is 16.7 Å². The van der Waals surface area contributed by atoms with Gasteiger partial charge in [0.05, 0.1) is 7.11 Å². The number of carbonyl (C=O) groups is 1. The zero-order chi connectivity index (χ0) is 14.8. The lowest BCUT2D eigenvalue weighted by atomic mass is 10.1. The summed E-state index contributed by atoms with van der Waals surface area (Å²) in [4.78, 5) is 15.9. The van der Waals surface area contributed by atoms with E-state index in [4.69, 9.17) is 9.15 Å². The maximum Gasteiger partial charge on any atom is 0.317 e. The van der Waals surface area contributed by atoms with Crippen LogP contribution < -0.4 is 0 Å². The first-order chi connectivity index (χ1) is 10.2. The van der Waals surface area contributed by atoms with Crippen LogP contribution in [0.15, 0.2) is 53.1 Å². The molecule has 0 saturated carbocycles. The highest BCUT2D eigenvalue weighted by Crippen LogP contribution is 2.26. The zero-order valence-corrected chi connectivity index (χ0v) is 11.9. The van der Waals surface area contributed by atoms with Gasteiger partial charge >= 0.3 is 5.97 Å². The van der Waals surface area contributed by atoms with E-state index in [1.807, 2.05) is 24.3 Å². The highest BCUT2D eigenvalue weighted by atomic mass is 16.5. The first-order valence-electron chi connectivity index (χ1n) is 6.71. The van der Waals surface area contributed by atoms with Crippen LogP contribution in [-0.4, -0.2) is 18.1 Å². The molecular weight excluding hydrogens is 266 g/mol. The number of oxazole rings is 1. The minimum absolute atomic E-state index is 0.359. The first-order valence-corrected chi connectivity index (χ1v) is 6.71. The molecule has 106 valence electrons. The number of esters is 1. The van der Waals surface area contributed by atoms with Gasteiger partial charge in [-0.3, -0.25) is 4.79 Å². The fraction of sp³-hybridized carbons (Fsp3) is 0.176. The molecule has 0 saturated heterocycles. The summed E-state index contributed by atoms with van der Waals surface area (Å²) >= 11 is 0. The van der Waals surface area contributed by atoms with Crippen LogP contribution >= 0.6 is 0 Å². The van der Waals surface area contributed by atoms with Gasteiger partial charge < -0.3 is 9.15 Å². The number of methoxy groups -OCH3 is 1. The largest absolute Gasteiger partial charge is 0.468 e. The molecule has 1 heterocycles. The number of aromatic nitrogens is 1. The van der Waals surface area contributed by atoms with Gasteiger partial charge in [0.1, 0.15) is 17.9 Å². The molecule has 21 heavy (non-hydrogen) atoms. The molecule has 2 aromatic carbocycles. The number of fused-ring (bicyclic) bond motifs is 1. The van der Waals surface area contributed by atoms with Gasteiger partial charge in [0.2, 0.25) is 5.89 Å². The summed E-state index contributed by atoms with van der Waals surface area (Å²) in [7, 11) is 1.35. The Morgan fingerprint density at radius 2 is 1.95 bits per heavy atom. The van der Waals surface area contributed by atoms with Crippen LogP contribution in [0.3, 0.4) is 0 Å². The predicted octanol–water partition coefficient (Wildman–Crippen LogP) is 3.77. The molecule has 4 nitrogen and oxygen atoms in total. The molecule has 1 unspecified atom stereocenters. The second-order valence-electron chi connectivity index (χ2n) is 4.88.